The number of hydrogen-bond acceptors (Lipinski definition) is 2. The number of benzene rings is 1. The Morgan fingerprint density at radius 3 is 2.67 bits per heavy atom. The second-order valence-electron chi connectivity index (χ2n) is 2.31. The summed E-state index contributed by atoms with van der Waals surface area (Å²) in [6.07, 6.45) is 0. The molecule has 0 fully saturated rings. The fourth-order valence-corrected chi connectivity index (χ4v) is 1.46. The Hall–Kier alpha value is -0.720. The lowest BCUT2D eigenvalue weighted by atomic mass is 10.2. The normalized spacial score (nSPS) is 9.92. The lowest BCUT2D eigenvalue weighted by Crippen LogP contribution is -1.94. The van der Waals surface area contributed by atoms with E-state index in [4.69, 9.17) is 0 Å². The van der Waals surface area contributed by atoms with Crippen molar-refractivity contribution in [1.29, 1.82) is 0 Å². The lowest BCUT2D eigenvalue weighted by Gasteiger charge is -1.98. The molecule has 0 aliphatic carbocycles. The van der Waals surface area contributed by atoms with Gasteiger partial charge in [0.1, 0.15) is 5.82 Å². The number of nitrogens with zero attached hydrogens (tertiary/aromatic N) is 1. The van der Waals surface area contributed by atoms with Crippen molar-refractivity contribution in [3.05, 3.63) is 37.2 Å². The molecule has 0 spiro atoms. The van der Waals surface area contributed by atoms with Gasteiger partial charge in [0.2, 0.25) is 0 Å². The van der Waals surface area contributed by atoms with Crippen LogP contribution in [0.3, 0.4) is 0 Å². The Kier molecular flexibility index (Phi) is 2.61. The highest BCUT2D eigenvalue weighted by Crippen LogP contribution is 2.22. The van der Waals surface area contributed by atoms with Gasteiger partial charge >= 0.3 is 0 Å². The molecule has 0 atom stereocenters. The van der Waals surface area contributed by atoms with Gasteiger partial charge < -0.3 is 0 Å². The number of rotatable bonds is 1. The fraction of sp³-hybridized carbons (Fsp3) is 0.143. The van der Waals surface area contributed by atoms with Crippen molar-refractivity contribution < 1.29 is 9.31 Å². The maximum Gasteiger partial charge on any atom is 0.275 e. The summed E-state index contributed by atoms with van der Waals surface area (Å²) < 4.78 is 13.2. The number of nitro benzene ring substituents is 1. The third-order valence-corrected chi connectivity index (χ3v) is 2.26. The van der Waals surface area contributed by atoms with Crippen LogP contribution in [0, 0.1) is 26.4 Å². The molecule has 0 N–H and O–H groups in total. The molecule has 0 amide bonds. The van der Waals surface area contributed by atoms with Gasteiger partial charge in [0.05, 0.1) is 11.0 Å². The van der Waals surface area contributed by atoms with E-state index in [0.29, 0.717) is 9.13 Å². The molecule has 1 aromatic carbocycles. The van der Waals surface area contributed by atoms with Gasteiger partial charge in [-0.05, 0) is 35.6 Å². The van der Waals surface area contributed by atoms with E-state index in [-0.39, 0.29) is 5.69 Å². The minimum Gasteiger partial charge on any atom is -0.258 e. The molecule has 0 unspecified atom stereocenters. The van der Waals surface area contributed by atoms with Crippen molar-refractivity contribution in [1.82, 2.24) is 0 Å². The molecule has 5 heteroatoms. The van der Waals surface area contributed by atoms with Gasteiger partial charge in [-0.15, -0.1) is 0 Å². The Morgan fingerprint density at radius 2 is 2.17 bits per heavy atom. The van der Waals surface area contributed by atoms with Crippen LogP contribution in [0.2, 0.25) is 0 Å². The van der Waals surface area contributed by atoms with Crippen LogP contribution in [-0.4, -0.2) is 4.92 Å². The van der Waals surface area contributed by atoms with E-state index in [0.717, 1.165) is 6.07 Å². The molecule has 0 aliphatic rings. The second-order valence-corrected chi connectivity index (χ2v) is 3.47. The number of halogens is 2. The molecule has 0 radical (unpaired) electrons. The SMILES string of the molecule is Cc1cc(I)c(F)cc1[N+](=O)[O-]. The quantitative estimate of drug-likeness (QED) is 0.451. The largest absolute Gasteiger partial charge is 0.275 e. The van der Waals surface area contributed by atoms with E-state index in [1.807, 2.05) is 0 Å². The van der Waals surface area contributed by atoms with Crippen LogP contribution >= 0.6 is 22.6 Å². The van der Waals surface area contributed by atoms with Crippen molar-refractivity contribution in [2.45, 2.75) is 6.92 Å². The molecule has 0 bridgehead atoms. The second kappa shape index (κ2) is 3.34. The third kappa shape index (κ3) is 1.71. The zero-order valence-electron chi connectivity index (χ0n) is 6.17. The summed E-state index contributed by atoms with van der Waals surface area (Å²) in [4.78, 5) is 9.73. The molecule has 64 valence electrons. The molecule has 0 aromatic heterocycles. The Morgan fingerprint density at radius 1 is 1.58 bits per heavy atom. The van der Waals surface area contributed by atoms with Gasteiger partial charge in [0.15, 0.2) is 0 Å². The summed E-state index contributed by atoms with van der Waals surface area (Å²) in [5.74, 6) is -0.548. The zero-order valence-corrected chi connectivity index (χ0v) is 8.33. The molecular weight excluding hydrogens is 276 g/mol. The highest BCUT2D eigenvalue weighted by Gasteiger charge is 2.13. The summed E-state index contributed by atoms with van der Waals surface area (Å²) in [6, 6.07) is 2.39. The van der Waals surface area contributed by atoms with Gasteiger partial charge in [-0.1, -0.05) is 0 Å². The van der Waals surface area contributed by atoms with Gasteiger partial charge in [0.25, 0.3) is 5.69 Å². The van der Waals surface area contributed by atoms with Gasteiger partial charge in [0, 0.05) is 9.13 Å². The number of aryl methyl sites for hydroxylation is 1. The minimum atomic E-state index is -0.589. The lowest BCUT2D eigenvalue weighted by molar-refractivity contribution is -0.385. The molecular formula is C7H5FINO2. The molecule has 0 saturated carbocycles. The van der Waals surface area contributed by atoms with Crippen molar-refractivity contribution in [3.63, 3.8) is 0 Å². The first-order valence-corrected chi connectivity index (χ1v) is 4.20. The van der Waals surface area contributed by atoms with Crippen LogP contribution in [-0.2, 0) is 0 Å². The van der Waals surface area contributed by atoms with Gasteiger partial charge in [-0.2, -0.15) is 0 Å². The van der Waals surface area contributed by atoms with Crippen molar-refractivity contribution >= 4 is 28.3 Å². The third-order valence-electron chi connectivity index (χ3n) is 1.44. The molecule has 0 heterocycles. The summed E-state index contributed by atoms with van der Waals surface area (Å²) in [7, 11) is 0. The number of nitro groups is 1. The van der Waals surface area contributed by atoms with Crippen LogP contribution in [0.25, 0.3) is 0 Å². The summed E-state index contributed by atoms with van der Waals surface area (Å²) in [5.41, 5.74) is 0.304. The highest BCUT2D eigenvalue weighted by molar-refractivity contribution is 14.1. The van der Waals surface area contributed by atoms with E-state index < -0.39 is 10.7 Å². The average molecular weight is 281 g/mol. The standard InChI is InChI=1S/C7H5FINO2/c1-4-2-6(9)5(8)3-7(4)10(11)12/h2-3H,1H3. The smallest absolute Gasteiger partial charge is 0.258 e. The maximum atomic E-state index is 12.8. The van der Waals surface area contributed by atoms with E-state index >= 15 is 0 Å². The van der Waals surface area contributed by atoms with Crippen LogP contribution in [0.1, 0.15) is 5.56 Å². The summed E-state index contributed by atoms with van der Waals surface area (Å²) in [6.45, 7) is 1.58. The molecule has 1 rings (SSSR count). The molecule has 0 aliphatic heterocycles. The predicted octanol–water partition coefficient (Wildman–Crippen LogP) is 2.65. The molecule has 12 heavy (non-hydrogen) atoms. The van der Waals surface area contributed by atoms with E-state index in [1.165, 1.54) is 6.07 Å². The van der Waals surface area contributed by atoms with Crippen LogP contribution in [0.4, 0.5) is 10.1 Å². The Labute approximate surface area is 81.9 Å². The number of hydrogen-bond donors (Lipinski definition) is 0. The fourth-order valence-electron chi connectivity index (χ4n) is 0.832. The van der Waals surface area contributed by atoms with E-state index in [1.54, 1.807) is 29.5 Å². The van der Waals surface area contributed by atoms with Gasteiger partial charge in [-0.3, -0.25) is 10.1 Å². The van der Waals surface area contributed by atoms with Crippen LogP contribution in [0.5, 0.6) is 0 Å². The molecule has 3 nitrogen and oxygen atoms in total. The highest BCUT2D eigenvalue weighted by atomic mass is 127. The first-order chi connectivity index (χ1) is 5.52. The Bertz CT molecular complexity index is 340. The average Bonchev–Trinajstić information content (AvgIpc) is 1.96. The Balaban J connectivity index is 3.33. The molecule has 0 saturated heterocycles. The minimum absolute atomic E-state index is 0.173. The van der Waals surface area contributed by atoms with Crippen LogP contribution < -0.4 is 0 Å². The van der Waals surface area contributed by atoms with Gasteiger partial charge in [-0.25, -0.2) is 4.39 Å². The van der Waals surface area contributed by atoms with Crippen molar-refractivity contribution in [2.75, 3.05) is 0 Å². The van der Waals surface area contributed by atoms with E-state index in [2.05, 4.69) is 0 Å². The van der Waals surface area contributed by atoms with Crippen molar-refractivity contribution in [3.8, 4) is 0 Å². The topological polar surface area (TPSA) is 43.1 Å². The zero-order chi connectivity index (χ0) is 9.30. The van der Waals surface area contributed by atoms with Crippen molar-refractivity contribution in [2.24, 2.45) is 0 Å². The summed E-state index contributed by atoms with van der Waals surface area (Å²) >= 11 is 1.79. The first kappa shape index (κ1) is 9.37. The van der Waals surface area contributed by atoms with E-state index in [9.17, 15) is 14.5 Å². The molecule has 1 aromatic rings. The monoisotopic (exact) mass is 281 g/mol. The maximum absolute atomic E-state index is 12.8. The first-order valence-electron chi connectivity index (χ1n) is 3.12. The summed E-state index contributed by atoms with van der Waals surface area (Å²) in [5, 5.41) is 10.3. The van der Waals surface area contributed by atoms with Crippen LogP contribution in [0.15, 0.2) is 12.1 Å². The predicted molar refractivity (Wildman–Crippen MR) is 50.5 cm³/mol.